The third kappa shape index (κ3) is 4.58. The van der Waals surface area contributed by atoms with Crippen LogP contribution in [-0.2, 0) is 6.42 Å². The summed E-state index contributed by atoms with van der Waals surface area (Å²) in [5, 5.41) is 0. The van der Waals surface area contributed by atoms with E-state index >= 15 is 0 Å². The van der Waals surface area contributed by atoms with Crippen molar-refractivity contribution in [2.75, 3.05) is 0 Å². The Bertz CT molecular complexity index is 350. The first-order valence-electron chi connectivity index (χ1n) is 5.82. The predicted octanol–water partition coefficient (Wildman–Crippen LogP) is 3.78. The van der Waals surface area contributed by atoms with Crippen molar-refractivity contribution < 1.29 is 0 Å². The van der Waals surface area contributed by atoms with Crippen LogP contribution in [0.25, 0.3) is 0 Å². The molecule has 1 aromatic carbocycles. The molecule has 0 saturated heterocycles. The molecule has 0 aromatic heterocycles. The van der Waals surface area contributed by atoms with Crippen LogP contribution < -0.4 is 5.73 Å². The van der Waals surface area contributed by atoms with Gasteiger partial charge in [-0.15, -0.1) is 11.8 Å². The number of thioether (sulfide) groups is 1. The van der Waals surface area contributed by atoms with Gasteiger partial charge in [0.15, 0.2) is 0 Å². The number of rotatable bonds is 3. The van der Waals surface area contributed by atoms with Crippen molar-refractivity contribution in [1.29, 1.82) is 0 Å². The van der Waals surface area contributed by atoms with Gasteiger partial charge in [0, 0.05) is 15.7 Å². The molecule has 1 rings (SSSR count). The van der Waals surface area contributed by atoms with Crippen LogP contribution in [0.5, 0.6) is 0 Å². The molecule has 1 unspecified atom stereocenters. The van der Waals surface area contributed by atoms with Crippen molar-refractivity contribution in [3.63, 3.8) is 0 Å². The molecule has 0 fully saturated rings. The summed E-state index contributed by atoms with van der Waals surface area (Å²) in [4.78, 5) is 1.37. The second-order valence-electron chi connectivity index (χ2n) is 5.51. The molecule has 1 aromatic rings. The zero-order valence-corrected chi connectivity index (χ0v) is 11.8. The lowest BCUT2D eigenvalue weighted by atomic mass is 10.1. The molecule has 90 valence electrons. The Balaban J connectivity index is 2.98. The van der Waals surface area contributed by atoms with E-state index in [-0.39, 0.29) is 10.8 Å². The summed E-state index contributed by atoms with van der Waals surface area (Å²) in [5.74, 6) is 0. The average Bonchev–Trinajstić information content (AvgIpc) is 2.06. The highest BCUT2D eigenvalue weighted by Crippen LogP contribution is 2.34. The summed E-state index contributed by atoms with van der Waals surface area (Å²) < 4.78 is 0.252. The van der Waals surface area contributed by atoms with Crippen molar-refractivity contribution in [1.82, 2.24) is 0 Å². The SMILES string of the molecule is Cc1ccc(SC(C)(C)C)c(CC(C)N)c1. The average molecular weight is 237 g/mol. The second kappa shape index (κ2) is 5.24. The number of hydrogen-bond donors (Lipinski definition) is 1. The minimum atomic E-state index is 0.223. The first-order valence-corrected chi connectivity index (χ1v) is 6.64. The molecule has 0 spiro atoms. The molecule has 1 nitrogen and oxygen atoms in total. The van der Waals surface area contributed by atoms with Gasteiger partial charge < -0.3 is 5.73 Å². The summed E-state index contributed by atoms with van der Waals surface area (Å²) in [6.45, 7) is 10.9. The summed E-state index contributed by atoms with van der Waals surface area (Å²) in [5.41, 5.74) is 8.60. The van der Waals surface area contributed by atoms with E-state index in [9.17, 15) is 0 Å². The Labute approximate surface area is 104 Å². The molecule has 0 saturated carbocycles. The quantitative estimate of drug-likeness (QED) is 0.810. The third-order valence-electron chi connectivity index (χ3n) is 2.17. The van der Waals surface area contributed by atoms with Crippen molar-refractivity contribution >= 4 is 11.8 Å². The highest BCUT2D eigenvalue weighted by molar-refractivity contribution is 8.00. The first kappa shape index (κ1) is 13.6. The molecule has 0 amide bonds. The molecule has 0 aliphatic rings. The molecular formula is C14H23NS. The van der Waals surface area contributed by atoms with E-state index in [2.05, 4.69) is 52.8 Å². The standard InChI is InChI=1S/C14H23NS/c1-10-6-7-13(16-14(3,4)5)12(8-10)9-11(2)15/h6-8,11H,9,15H2,1-5H3. The molecule has 2 heteroatoms. The van der Waals surface area contributed by atoms with Crippen LogP contribution in [0.3, 0.4) is 0 Å². The van der Waals surface area contributed by atoms with E-state index in [1.165, 1.54) is 16.0 Å². The molecule has 0 bridgehead atoms. The van der Waals surface area contributed by atoms with Crippen molar-refractivity contribution in [3.8, 4) is 0 Å². The maximum Gasteiger partial charge on any atom is 0.0122 e. The predicted molar refractivity (Wildman–Crippen MR) is 74.1 cm³/mol. The third-order valence-corrected chi connectivity index (χ3v) is 3.40. The van der Waals surface area contributed by atoms with Crippen molar-refractivity contribution in [3.05, 3.63) is 29.3 Å². The number of aryl methyl sites for hydroxylation is 1. The molecule has 0 aliphatic carbocycles. The lowest BCUT2D eigenvalue weighted by Crippen LogP contribution is -2.18. The fourth-order valence-corrected chi connectivity index (χ4v) is 2.71. The van der Waals surface area contributed by atoms with Crippen LogP contribution in [-0.4, -0.2) is 10.8 Å². The largest absolute Gasteiger partial charge is 0.328 e. The normalized spacial score (nSPS) is 13.9. The molecule has 0 heterocycles. The zero-order valence-electron chi connectivity index (χ0n) is 11.0. The van der Waals surface area contributed by atoms with Gasteiger partial charge in [-0.1, -0.05) is 38.5 Å². The highest BCUT2D eigenvalue weighted by Gasteiger charge is 2.15. The Morgan fingerprint density at radius 1 is 1.31 bits per heavy atom. The van der Waals surface area contributed by atoms with E-state index in [0.29, 0.717) is 0 Å². The number of benzene rings is 1. The van der Waals surface area contributed by atoms with Gasteiger partial charge in [-0.25, -0.2) is 0 Å². The Kier molecular flexibility index (Phi) is 4.45. The van der Waals surface area contributed by atoms with E-state index in [1.807, 2.05) is 11.8 Å². The number of nitrogens with two attached hydrogens (primary N) is 1. The van der Waals surface area contributed by atoms with Crippen LogP contribution in [0.1, 0.15) is 38.8 Å². The Hall–Kier alpha value is -0.470. The van der Waals surface area contributed by atoms with E-state index in [1.54, 1.807) is 0 Å². The van der Waals surface area contributed by atoms with Crippen LogP contribution in [0, 0.1) is 6.92 Å². The fraction of sp³-hybridized carbons (Fsp3) is 0.571. The summed E-state index contributed by atoms with van der Waals surface area (Å²) >= 11 is 1.92. The number of hydrogen-bond acceptors (Lipinski definition) is 2. The van der Waals surface area contributed by atoms with Crippen LogP contribution in [0.4, 0.5) is 0 Å². The van der Waals surface area contributed by atoms with Gasteiger partial charge in [0.1, 0.15) is 0 Å². The molecule has 0 aliphatic heterocycles. The zero-order chi connectivity index (χ0) is 12.3. The smallest absolute Gasteiger partial charge is 0.0122 e. The Morgan fingerprint density at radius 3 is 2.44 bits per heavy atom. The van der Waals surface area contributed by atoms with Crippen molar-refractivity contribution in [2.24, 2.45) is 5.73 Å². The minimum Gasteiger partial charge on any atom is -0.328 e. The summed E-state index contributed by atoms with van der Waals surface area (Å²) in [6.07, 6.45) is 0.958. The highest BCUT2D eigenvalue weighted by atomic mass is 32.2. The van der Waals surface area contributed by atoms with Crippen LogP contribution >= 0.6 is 11.8 Å². The molecule has 1 atom stereocenters. The molecular weight excluding hydrogens is 214 g/mol. The van der Waals surface area contributed by atoms with Gasteiger partial charge >= 0.3 is 0 Å². The summed E-state index contributed by atoms with van der Waals surface area (Å²) in [6, 6.07) is 6.89. The fourth-order valence-electron chi connectivity index (χ4n) is 1.64. The van der Waals surface area contributed by atoms with E-state index in [4.69, 9.17) is 5.73 Å². The van der Waals surface area contributed by atoms with E-state index in [0.717, 1.165) is 6.42 Å². The van der Waals surface area contributed by atoms with Crippen LogP contribution in [0.2, 0.25) is 0 Å². The lowest BCUT2D eigenvalue weighted by molar-refractivity contribution is 0.726. The van der Waals surface area contributed by atoms with Gasteiger partial charge in [-0.3, -0.25) is 0 Å². The Morgan fingerprint density at radius 2 is 1.94 bits per heavy atom. The maximum atomic E-state index is 5.90. The monoisotopic (exact) mass is 237 g/mol. The minimum absolute atomic E-state index is 0.223. The maximum absolute atomic E-state index is 5.90. The second-order valence-corrected chi connectivity index (χ2v) is 7.38. The van der Waals surface area contributed by atoms with Crippen molar-refractivity contribution in [2.45, 2.75) is 56.7 Å². The van der Waals surface area contributed by atoms with Gasteiger partial charge in [-0.05, 0) is 31.9 Å². The topological polar surface area (TPSA) is 26.0 Å². The van der Waals surface area contributed by atoms with Gasteiger partial charge in [-0.2, -0.15) is 0 Å². The molecule has 16 heavy (non-hydrogen) atoms. The summed E-state index contributed by atoms with van der Waals surface area (Å²) in [7, 11) is 0. The molecule has 2 N–H and O–H groups in total. The van der Waals surface area contributed by atoms with Gasteiger partial charge in [0.2, 0.25) is 0 Å². The van der Waals surface area contributed by atoms with Gasteiger partial charge in [0.25, 0.3) is 0 Å². The molecule has 0 radical (unpaired) electrons. The van der Waals surface area contributed by atoms with E-state index < -0.39 is 0 Å². The van der Waals surface area contributed by atoms with Crippen LogP contribution in [0.15, 0.2) is 23.1 Å². The lowest BCUT2D eigenvalue weighted by Gasteiger charge is -2.21. The van der Waals surface area contributed by atoms with Gasteiger partial charge in [0.05, 0.1) is 0 Å². The first-order chi connectivity index (χ1) is 7.28.